The van der Waals surface area contributed by atoms with Gasteiger partial charge in [-0.2, -0.15) is 0 Å². The van der Waals surface area contributed by atoms with E-state index < -0.39 is 0 Å². The van der Waals surface area contributed by atoms with Gasteiger partial charge in [-0.15, -0.1) is 0 Å². The molecule has 0 saturated carbocycles. The zero-order valence-corrected chi connectivity index (χ0v) is 31.8. The molecule has 1 aliphatic carbocycles. The molecule has 0 spiro atoms. The van der Waals surface area contributed by atoms with Crippen molar-refractivity contribution in [3.05, 3.63) is 210 Å². The molecule has 0 radical (unpaired) electrons. The molecule has 0 fully saturated rings. The van der Waals surface area contributed by atoms with Crippen molar-refractivity contribution >= 4 is 48.9 Å². The minimum Gasteiger partial charge on any atom is -0.438 e. The lowest BCUT2D eigenvalue weighted by molar-refractivity contribution is 0.494. The van der Waals surface area contributed by atoms with Crippen molar-refractivity contribution < 1.29 is 4.42 Å². The van der Waals surface area contributed by atoms with Gasteiger partial charge < -0.3 is 4.42 Å². The van der Waals surface area contributed by atoms with Crippen LogP contribution < -0.4 is 10.8 Å². The molecule has 3 heterocycles. The molecule has 59 heavy (non-hydrogen) atoms. The maximum absolute atomic E-state index is 6.32. The van der Waals surface area contributed by atoms with E-state index in [2.05, 4.69) is 164 Å². The first-order valence-electron chi connectivity index (χ1n) is 20.0. The lowest BCUT2D eigenvalue weighted by atomic mass is 9.82. The number of hydrogen-bond acceptors (Lipinski definition) is 5. The third-order valence-corrected chi connectivity index (χ3v) is 11.9. The summed E-state index contributed by atoms with van der Waals surface area (Å²) in [5, 5.41) is 9.37. The Bertz CT molecular complexity index is 3510. The second kappa shape index (κ2) is 13.4. The van der Waals surface area contributed by atoms with Gasteiger partial charge in [-0.1, -0.05) is 182 Å². The fourth-order valence-corrected chi connectivity index (χ4v) is 9.16. The Morgan fingerprint density at radius 1 is 0.441 bits per heavy atom. The zero-order valence-electron chi connectivity index (χ0n) is 31.8. The van der Waals surface area contributed by atoms with E-state index in [9.17, 15) is 0 Å². The summed E-state index contributed by atoms with van der Waals surface area (Å²) in [6.45, 7) is 0. The first-order chi connectivity index (χ1) is 29.2. The summed E-state index contributed by atoms with van der Waals surface area (Å²) in [7, 11) is 0. The van der Waals surface area contributed by atoms with E-state index in [1.54, 1.807) is 0 Å². The summed E-state index contributed by atoms with van der Waals surface area (Å²) in [5.74, 6) is 1.96. The summed E-state index contributed by atoms with van der Waals surface area (Å²) in [6, 6.07) is 59.4. The van der Waals surface area contributed by atoms with E-state index in [0.717, 1.165) is 49.2 Å². The predicted octanol–water partition coefficient (Wildman–Crippen LogP) is 12.0. The molecule has 2 atom stereocenters. The summed E-state index contributed by atoms with van der Waals surface area (Å²) < 4.78 is 6.32. The van der Waals surface area contributed by atoms with Gasteiger partial charge in [0.05, 0.1) is 11.3 Å². The van der Waals surface area contributed by atoms with Crippen molar-refractivity contribution in [2.45, 2.75) is 6.04 Å². The van der Waals surface area contributed by atoms with Crippen molar-refractivity contribution in [2.24, 2.45) is 10.9 Å². The van der Waals surface area contributed by atoms with E-state index in [1.165, 1.54) is 38.2 Å². The number of rotatable bonds is 5. The van der Waals surface area contributed by atoms with E-state index >= 15 is 0 Å². The van der Waals surface area contributed by atoms with Crippen molar-refractivity contribution in [1.82, 2.24) is 15.0 Å². The highest BCUT2D eigenvalue weighted by molar-refractivity contribution is 6.17. The number of aromatic nitrogens is 3. The fraction of sp³-hybridized carbons (Fsp3) is 0.0370. The average Bonchev–Trinajstić information content (AvgIpc) is 3.70. The van der Waals surface area contributed by atoms with E-state index in [0.29, 0.717) is 23.0 Å². The predicted molar refractivity (Wildman–Crippen MR) is 239 cm³/mol. The molecule has 5 nitrogen and oxygen atoms in total. The highest BCUT2D eigenvalue weighted by Gasteiger charge is 2.30. The van der Waals surface area contributed by atoms with Crippen molar-refractivity contribution in [3.8, 4) is 45.3 Å². The standard InChI is InChI=1S/C54H34N4O/c1-2-14-36(15-3-1)51-56-52(37-29-27-35(28-30-37)50-44-21-9-8-20-43(44)49-46-22-10-11-24-47(46)59-54(49)55-50)58-53(57-51)45-32-31-41(39-18-6-7-19-40(39)45)42-23-12-16-34-26-25-33-13-4-5-17-38(33)48(34)42/h1-32,44,50H. The molecule has 2 aromatic heterocycles. The monoisotopic (exact) mass is 754 g/mol. The number of benzene rings is 8. The minimum atomic E-state index is -0.133. The molecule has 2 aliphatic rings. The van der Waals surface area contributed by atoms with Crippen LogP contribution in [0.3, 0.4) is 0 Å². The third-order valence-electron chi connectivity index (χ3n) is 11.9. The van der Waals surface area contributed by atoms with Crippen molar-refractivity contribution in [1.29, 1.82) is 0 Å². The topological polar surface area (TPSA) is 64.2 Å². The summed E-state index contributed by atoms with van der Waals surface area (Å²) in [4.78, 5) is 20.7. The molecule has 276 valence electrons. The molecule has 0 bridgehead atoms. The number of para-hydroxylation sites is 1. The Morgan fingerprint density at radius 3 is 1.92 bits per heavy atom. The van der Waals surface area contributed by atoms with Gasteiger partial charge >= 0.3 is 0 Å². The minimum absolute atomic E-state index is 0.0941. The molecular formula is C54H34N4O. The molecule has 8 aromatic carbocycles. The number of hydrogen-bond donors (Lipinski definition) is 0. The molecule has 0 saturated heterocycles. The second-order valence-electron chi connectivity index (χ2n) is 15.3. The van der Waals surface area contributed by atoms with Crippen LogP contribution in [0.5, 0.6) is 0 Å². The molecule has 12 rings (SSSR count). The summed E-state index contributed by atoms with van der Waals surface area (Å²) >= 11 is 0. The van der Waals surface area contributed by atoms with Crippen LogP contribution >= 0.6 is 0 Å². The van der Waals surface area contributed by atoms with Crippen LogP contribution in [0.1, 0.15) is 11.6 Å². The SMILES string of the molecule is C1=CC2=c3c(oc4ccccc34)=NC(c3ccc(-c4nc(-c5ccccc5)nc(-c5ccc(-c6cccc7ccc8ccccc8c67)c6ccccc56)n4)cc3)C2C=C1. The van der Waals surface area contributed by atoms with Gasteiger partial charge in [0.2, 0.25) is 5.55 Å². The van der Waals surface area contributed by atoms with Crippen LogP contribution in [-0.4, -0.2) is 15.0 Å². The average molecular weight is 755 g/mol. The van der Waals surface area contributed by atoms with Crippen molar-refractivity contribution in [3.63, 3.8) is 0 Å². The zero-order chi connectivity index (χ0) is 38.9. The first kappa shape index (κ1) is 33.4. The smallest absolute Gasteiger partial charge is 0.223 e. The Labute approximate surface area is 339 Å². The first-order valence-corrected chi connectivity index (χ1v) is 20.0. The number of allylic oxidation sites excluding steroid dienone is 3. The van der Waals surface area contributed by atoms with Gasteiger partial charge in [-0.3, -0.25) is 0 Å². The van der Waals surface area contributed by atoms with Gasteiger partial charge in [0.15, 0.2) is 17.5 Å². The maximum atomic E-state index is 6.32. The van der Waals surface area contributed by atoms with Crippen LogP contribution in [0.25, 0.3) is 94.2 Å². The summed E-state index contributed by atoms with van der Waals surface area (Å²) in [6.07, 6.45) is 8.69. The van der Waals surface area contributed by atoms with E-state index in [1.807, 2.05) is 30.3 Å². The molecule has 0 N–H and O–H groups in total. The fourth-order valence-electron chi connectivity index (χ4n) is 9.16. The Balaban J connectivity index is 0.988. The quantitative estimate of drug-likeness (QED) is 0.164. The van der Waals surface area contributed by atoms with Gasteiger partial charge in [-0.05, 0) is 66.7 Å². The van der Waals surface area contributed by atoms with Gasteiger partial charge in [0.1, 0.15) is 5.58 Å². The van der Waals surface area contributed by atoms with Crippen LogP contribution in [0.4, 0.5) is 0 Å². The van der Waals surface area contributed by atoms with E-state index in [4.69, 9.17) is 24.4 Å². The molecule has 10 aromatic rings. The molecule has 5 heteroatoms. The van der Waals surface area contributed by atoms with Gasteiger partial charge in [0.25, 0.3) is 0 Å². The second-order valence-corrected chi connectivity index (χ2v) is 15.3. The van der Waals surface area contributed by atoms with Crippen LogP contribution in [0.2, 0.25) is 0 Å². The largest absolute Gasteiger partial charge is 0.438 e. The Kier molecular flexibility index (Phi) is 7.60. The lowest BCUT2D eigenvalue weighted by Crippen LogP contribution is -2.33. The van der Waals surface area contributed by atoms with Crippen LogP contribution in [-0.2, 0) is 0 Å². The normalized spacial score (nSPS) is 15.8. The lowest BCUT2D eigenvalue weighted by Gasteiger charge is -2.26. The van der Waals surface area contributed by atoms with Crippen LogP contribution in [0.15, 0.2) is 204 Å². The summed E-state index contributed by atoms with van der Waals surface area (Å²) in [5.41, 5.74) is 9.04. The van der Waals surface area contributed by atoms with Gasteiger partial charge in [-0.25, -0.2) is 19.9 Å². The molecule has 0 amide bonds. The van der Waals surface area contributed by atoms with E-state index in [-0.39, 0.29) is 12.0 Å². The molecule has 1 aliphatic heterocycles. The van der Waals surface area contributed by atoms with Crippen molar-refractivity contribution in [2.75, 3.05) is 0 Å². The van der Waals surface area contributed by atoms with Crippen LogP contribution in [0, 0.1) is 5.92 Å². The molecular weight excluding hydrogens is 721 g/mol. The Hall–Kier alpha value is -7.76. The Morgan fingerprint density at radius 2 is 1.08 bits per heavy atom. The highest BCUT2D eigenvalue weighted by Crippen LogP contribution is 2.41. The highest BCUT2D eigenvalue weighted by atomic mass is 16.3. The molecule has 2 unspecified atom stereocenters. The van der Waals surface area contributed by atoms with Gasteiger partial charge in [0, 0.05) is 28.0 Å². The number of fused-ring (bicyclic) bond motifs is 8. The third kappa shape index (κ3) is 5.47. The number of nitrogens with zero attached hydrogens (tertiary/aromatic N) is 4. The maximum Gasteiger partial charge on any atom is 0.223 e. The number of furan rings is 1.